The normalized spacial score (nSPS) is 10.8. The third-order valence-electron chi connectivity index (χ3n) is 3.40. The number of hydrogen-bond acceptors (Lipinski definition) is 2. The summed E-state index contributed by atoms with van der Waals surface area (Å²) in [5, 5.41) is 2.83. The summed E-state index contributed by atoms with van der Waals surface area (Å²) < 4.78 is 0. The molecular weight excluding hydrogens is 250 g/mol. The maximum absolute atomic E-state index is 11.8. The zero-order valence-electron chi connectivity index (χ0n) is 12.1. The van der Waals surface area contributed by atoms with Crippen molar-refractivity contribution >= 4 is 22.9 Å². The number of H-pyrrole nitrogens is 1. The van der Waals surface area contributed by atoms with Gasteiger partial charge in [0.05, 0.1) is 11.0 Å². The average molecular weight is 273 g/mol. The van der Waals surface area contributed by atoms with Crippen LogP contribution < -0.4 is 5.32 Å². The molecule has 1 heterocycles. The van der Waals surface area contributed by atoms with Gasteiger partial charge in [0.1, 0.15) is 0 Å². The van der Waals surface area contributed by atoms with Crippen LogP contribution in [0.1, 0.15) is 51.9 Å². The van der Waals surface area contributed by atoms with Crippen LogP contribution in [-0.2, 0) is 4.79 Å². The number of para-hydroxylation sites is 2. The van der Waals surface area contributed by atoms with Gasteiger partial charge >= 0.3 is 0 Å². The SMILES string of the molecule is CCCCCCCCC(=O)Nc1nc2ccccc2[nH]1. The van der Waals surface area contributed by atoms with E-state index < -0.39 is 0 Å². The molecule has 0 unspecified atom stereocenters. The van der Waals surface area contributed by atoms with Crippen molar-refractivity contribution in [3.63, 3.8) is 0 Å². The standard InChI is InChI=1S/C16H23N3O/c1-2-3-4-5-6-7-12-15(20)19-16-17-13-10-8-9-11-14(13)18-16/h8-11H,2-7,12H2,1H3,(H2,17,18,19,20). The first-order chi connectivity index (χ1) is 9.79. The molecule has 4 heteroatoms. The van der Waals surface area contributed by atoms with Crippen molar-refractivity contribution in [1.29, 1.82) is 0 Å². The number of nitrogens with one attached hydrogen (secondary N) is 2. The van der Waals surface area contributed by atoms with E-state index in [9.17, 15) is 4.79 Å². The average Bonchev–Trinajstić information content (AvgIpc) is 2.84. The summed E-state index contributed by atoms with van der Waals surface area (Å²) in [6.45, 7) is 2.21. The lowest BCUT2D eigenvalue weighted by atomic mass is 10.1. The maximum atomic E-state index is 11.8. The second-order valence-corrected chi connectivity index (χ2v) is 5.17. The molecule has 0 bridgehead atoms. The minimum absolute atomic E-state index is 0.0412. The summed E-state index contributed by atoms with van der Waals surface area (Å²) in [5.74, 6) is 0.585. The Labute approximate surface area is 120 Å². The van der Waals surface area contributed by atoms with Crippen molar-refractivity contribution in [2.75, 3.05) is 5.32 Å². The molecule has 2 aromatic rings. The first-order valence-electron chi connectivity index (χ1n) is 7.54. The zero-order chi connectivity index (χ0) is 14.2. The van der Waals surface area contributed by atoms with Gasteiger partial charge in [-0.2, -0.15) is 0 Å². The number of aromatic amines is 1. The molecule has 0 aliphatic heterocycles. The van der Waals surface area contributed by atoms with Crippen LogP contribution in [0.25, 0.3) is 11.0 Å². The fourth-order valence-electron chi connectivity index (χ4n) is 2.27. The van der Waals surface area contributed by atoms with Gasteiger partial charge in [-0.3, -0.25) is 10.1 Å². The number of amides is 1. The molecule has 2 N–H and O–H groups in total. The molecule has 0 saturated heterocycles. The fourth-order valence-corrected chi connectivity index (χ4v) is 2.27. The monoisotopic (exact) mass is 273 g/mol. The number of hydrogen-bond donors (Lipinski definition) is 2. The molecule has 0 aliphatic carbocycles. The number of rotatable bonds is 8. The maximum Gasteiger partial charge on any atom is 0.226 e. The molecule has 0 saturated carbocycles. The van der Waals surface area contributed by atoms with Gasteiger partial charge in [-0.15, -0.1) is 0 Å². The molecule has 0 spiro atoms. The third-order valence-corrected chi connectivity index (χ3v) is 3.40. The number of imidazole rings is 1. The second-order valence-electron chi connectivity index (χ2n) is 5.17. The molecule has 20 heavy (non-hydrogen) atoms. The largest absolute Gasteiger partial charge is 0.324 e. The van der Waals surface area contributed by atoms with Gasteiger partial charge in [-0.25, -0.2) is 4.98 Å². The van der Waals surface area contributed by atoms with E-state index in [1.807, 2.05) is 24.3 Å². The smallest absolute Gasteiger partial charge is 0.226 e. The molecule has 0 aliphatic rings. The number of carbonyl (C=O) groups excluding carboxylic acids is 1. The molecule has 4 nitrogen and oxygen atoms in total. The first kappa shape index (κ1) is 14.6. The Morgan fingerprint density at radius 1 is 1.15 bits per heavy atom. The topological polar surface area (TPSA) is 57.8 Å². The van der Waals surface area contributed by atoms with E-state index >= 15 is 0 Å². The van der Waals surface area contributed by atoms with Crippen LogP contribution in [0.5, 0.6) is 0 Å². The van der Waals surface area contributed by atoms with Crippen LogP contribution in [0.4, 0.5) is 5.95 Å². The Balaban J connectivity index is 1.71. The fraction of sp³-hybridized carbons (Fsp3) is 0.500. The molecule has 1 aromatic carbocycles. The third kappa shape index (κ3) is 4.37. The highest BCUT2D eigenvalue weighted by molar-refractivity contribution is 5.90. The van der Waals surface area contributed by atoms with Crippen molar-refractivity contribution in [1.82, 2.24) is 9.97 Å². The number of carbonyl (C=O) groups is 1. The minimum Gasteiger partial charge on any atom is -0.324 e. The summed E-state index contributed by atoms with van der Waals surface area (Å²) in [7, 11) is 0. The van der Waals surface area contributed by atoms with E-state index in [0.717, 1.165) is 23.9 Å². The number of fused-ring (bicyclic) bond motifs is 1. The van der Waals surface area contributed by atoms with Crippen LogP contribution >= 0.6 is 0 Å². The van der Waals surface area contributed by atoms with Gasteiger partial charge in [0, 0.05) is 6.42 Å². The van der Waals surface area contributed by atoms with E-state index in [4.69, 9.17) is 0 Å². The van der Waals surface area contributed by atoms with E-state index in [1.165, 1.54) is 25.7 Å². The van der Waals surface area contributed by atoms with Gasteiger partial charge in [0.15, 0.2) is 0 Å². The molecule has 1 amide bonds. The van der Waals surface area contributed by atoms with E-state index in [-0.39, 0.29) is 5.91 Å². The highest BCUT2D eigenvalue weighted by atomic mass is 16.1. The Kier molecular flexibility index (Phi) is 5.59. The van der Waals surface area contributed by atoms with Crippen LogP contribution in [-0.4, -0.2) is 15.9 Å². The lowest BCUT2D eigenvalue weighted by Crippen LogP contribution is -2.12. The molecule has 0 fully saturated rings. The molecule has 2 rings (SSSR count). The summed E-state index contributed by atoms with van der Waals surface area (Å²) in [4.78, 5) is 19.2. The zero-order valence-corrected chi connectivity index (χ0v) is 12.1. The predicted octanol–water partition coefficient (Wildman–Crippen LogP) is 4.25. The number of aromatic nitrogens is 2. The Morgan fingerprint density at radius 3 is 2.70 bits per heavy atom. The van der Waals surface area contributed by atoms with Crippen LogP contribution in [0.2, 0.25) is 0 Å². The molecule has 108 valence electrons. The van der Waals surface area contributed by atoms with Crippen molar-refractivity contribution < 1.29 is 4.79 Å². The quantitative estimate of drug-likeness (QED) is 0.706. The Hall–Kier alpha value is -1.84. The lowest BCUT2D eigenvalue weighted by molar-refractivity contribution is -0.116. The highest BCUT2D eigenvalue weighted by Gasteiger charge is 2.06. The Bertz CT molecular complexity index is 514. The Morgan fingerprint density at radius 2 is 1.90 bits per heavy atom. The van der Waals surface area contributed by atoms with E-state index in [2.05, 4.69) is 22.2 Å². The molecule has 1 aromatic heterocycles. The van der Waals surface area contributed by atoms with Gasteiger partial charge in [0.2, 0.25) is 11.9 Å². The van der Waals surface area contributed by atoms with Crippen molar-refractivity contribution in [2.45, 2.75) is 51.9 Å². The molecular formula is C16H23N3O. The van der Waals surface area contributed by atoms with Crippen LogP contribution in [0, 0.1) is 0 Å². The van der Waals surface area contributed by atoms with Gasteiger partial charge < -0.3 is 4.98 Å². The summed E-state index contributed by atoms with van der Waals surface area (Å²) in [5.41, 5.74) is 1.82. The molecule has 0 radical (unpaired) electrons. The lowest BCUT2D eigenvalue weighted by Gasteiger charge is -2.02. The number of nitrogens with zero attached hydrogens (tertiary/aromatic N) is 1. The first-order valence-corrected chi connectivity index (χ1v) is 7.54. The minimum atomic E-state index is 0.0412. The van der Waals surface area contributed by atoms with E-state index in [1.54, 1.807) is 0 Å². The van der Waals surface area contributed by atoms with Gasteiger partial charge in [-0.1, -0.05) is 51.2 Å². The number of unbranched alkanes of at least 4 members (excludes halogenated alkanes) is 5. The summed E-state index contributed by atoms with van der Waals surface area (Å²) in [6, 6.07) is 7.76. The number of benzene rings is 1. The van der Waals surface area contributed by atoms with Crippen LogP contribution in [0.3, 0.4) is 0 Å². The molecule has 0 atom stereocenters. The van der Waals surface area contributed by atoms with E-state index in [0.29, 0.717) is 12.4 Å². The van der Waals surface area contributed by atoms with Gasteiger partial charge in [-0.05, 0) is 18.6 Å². The highest BCUT2D eigenvalue weighted by Crippen LogP contribution is 2.14. The summed E-state index contributed by atoms with van der Waals surface area (Å²) in [6.07, 6.45) is 7.72. The van der Waals surface area contributed by atoms with Crippen molar-refractivity contribution in [2.24, 2.45) is 0 Å². The summed E-state index contributed by atoms with van der Waals surface area (Å²) >= 11 is 0. The van der Waals surface area contributed by atoms with Crippen LogP contribution in [0.15, 0.2) is 24.3 Å². The van der Waals surface area contributed by atoms with Gasteiger partial charge in [0.25, 0.3) is 0 Å². The van der Waals surface area contributed by atoms with Crippen molar-refractivity contribution in [3.8, 4) is 0 Å². The predicted molar refractivity (Wildman–Crippen MR) is 82.7 cm³/mol. The second kappa shape index (κ2) is 7.68. The van der Waals surface area contributed by atoms with Crippen molar-refractivity contribution in [3.05, 3.63) is 24.3 Å². The number of anilines is 1.